The Morgan fingerprint density at radius 1 is 0.364 bits per heavy atom. The van der Waals surface area contributed by atoms with Gasteiger partial charge in [0.05, 0.1) is 168 Å². The largest absolute Gasteiger partial charge is 0.503 e. The van der Waals surface area contributed by atoms with E-state index < -0.39 is 5.56 Å². The smallest absolute Gasteiger partial charge is 0.293 e. The summed E-state index contributed by atoms with van der Waals surface area (Å²) in [5.74, 6) is 5.69. The maximum absolute atomic E-state index is 13.6. The molecule has 1 saturated heterocycles. The molecule has 0 atom stereocenters. The first-order valence-electron chi connectivity index (χ1n) is 39.2. The Morgan fingerprint density at radius 2 is 0.653 bits per heavy atom. The van der Waals surface area contributed by atoms with Gasteiger partial charge in [0.15, 0.2) is 17.2 Å². The van der Waals surface area contributed by atoms with Crippen LogP contribution in [0.1, 0.15) is 94.3 Å². The van der Waals surface area contributed by atoms with Crippen LogP contribution in [0, 0.1) is 55.4 Å². The summed E-state index contributed by atoms with van der Waals surface area (Å²) in [5.41, 5.74) is 15.0. The fourth-order valence-corrected chi connectivity index (χ4v) is 15.7. The molecule has 18 rings (SSSR count). The van der Waals surface area contributed by atoms with Crippen molar-refractivity contribution in [2.75, 3.05) is 41.7 Å². The summed E-state index contributed by atoms with van der Waals surface area (Å²) >= 11 is 3.40. The van der Waals surface area contributed by atoms with Crippen LogP contribution in [0.4, 0.5) is 0 Å². The van der Waals surface area contributed by atoms with Gasteiger partial charge in [0.25, 0.3) is 22.2 Å². The number of aryl methyl sites for hydroxylation is 8. The topological polar surface area (TPSA) is 329 Å². The van der Waals surface area contributed by atoms with E-state index in [1.807, 2.05) is 189 Å². The third-order valence-electron chi connectivity index (χ3n) is 21.2. The molecule has 28 nitrogen and oxygen atoms in total. The SMILES string of the molecule is COc1cc2c(cc1-c1c(C)noc1C)cc(Br)c(=O)n2Cc1ccccn1.COc1cc2c(cc1-c1c(C)noc1C)cc(O)c(=O)n2Cc1ccccn1.COc1cc2c(cc1-c1c(C)noc1C)cc(OC1CC1)c(=O)n2Cc1ccccn1.COc1cc2c(cc1-c1c(C)noc1C)cc(OC1CCOCC1)c(=O)n2Cc1ccccn1. The molecule has 2 fully saturated rings. The summed E-state index contributed by atoms with van der Waals surface area (Å²) in [4.78, 5) is 69.8. The Hall–Kier alpha value is -13.8. The van der Waals surface area contributed by atoms with Crippen molar-refractivity contribution >= 4 is 59.5 Å². The minimum absolute atomic E-state index is 0.0533. The van der Waals surface area contributed by atoms with Gasteiger partial charge in [0.1, 0.15) is 52.1 Å². The van der Waals surface area contributed by atoms with Crippen LogP contribution in [0.5, 0.6) is 40.2 Å². The van der Waals surface area contributed by atoms with Gasteiger partial charge in [-0.25, -0.2) is 0 Å². The van der Waals surface area contributed by atoms with Crippen molar-refractivity contribution in [2.24, 2.45) is 0 Å². The van der Waals surface area contributed by atoms with Crippen LogP contribution in [0.2, 0.25) is 0 Å². The Labute approximate surface area is 701 Å². The van der Waals surface area contributed by atoms with Gasteiger partial charge in [-0.3, -0.25) is 52.8 Å². The summed E-state index contributed by atoms with van der Waals surface area (Å²) in [7, 11) is 6.43. The van der Waals surface area contributed by atoms with Crippen molar-refractivity contribution in [1.29, 1.82) is 0 Å². The highest BCUT2D eigenvalue weighted by Gasteiger charge is 2.29. The van der Waals surface area contributed by atoms with Crippen LogP contribution in [0.25, 0.3) is 88.1 Å². The molecule has 618 valence electrons. The average molecular weight is 1700 g/mol. The van der Waals surface area contributed by atoms with E-state index in [-0.39, 0.29) is 41.2 Å². The molecule has 4 aromatic carbocycles. The molecular weight excluding hydrogens is 1610 g/mol. The molecule has 29 heteroatoms. The first kappa shape index (κ1) is 82.3. The van der Waals surface area contributed by atoms with Crippen molar-refractivity contribution in [1.82, 2.24) is 58.8 Å². The standard InChI is InChI=1S/C26H27N3O5.C24H23N3O4.C21H18BrN3O3.C21H19N3O4/c1-16-25(17(2)34-28-16)21-12-18-13-24(33-20-7-10-32-11-8-20)26(30)29(22(18)14-23(21)31-3)15-19-6-4-5-9-27-19;1-14-23(15(2)31-26-14)19-10-16-11-22(30-18-7-8-18)24(28)27(20(16)12-21(19)29-3)13-17-6-4-5-9-25-17;1-12-20(13(2)28-24-12)16-8-14-9-17(22)21(26)25(18(14)10-19(16)27-3)11-15-6-4-5-7-23-15;1-12-20(13(2)28-23-12)16-8-14-9-18(25)21(26)24(17(14)10-19(16)27-3)11-15-6-4-5-7-22-15/h4-6,9,12-14,20H,7-8,10-11,15H2,1-3H3;4-6,9-12,18H,7-8,13H2,1-3H3;4-10H,11H2,1-3H3;4-10,25H,11H2,1-3H3. The molecule has 0 radical (unpaired) electrons. The second kappa shape index (κ2) is 35.8. The number of hydrogen-bond acceptors (Lipinski definition) is 24. The maximum atomic E-state index is 13.6. The van der Waals surface area contributed by atoms with E-state index in [9.17, 15) is 24.3 Å². The number of aromatic hydroxyl groups is 1. The molecule has 1 aliphatic heterocycles. The van der Waals surface area contributed by atoms with Gasteiger partial charge in [-0.15, -0.1) is 0 Å². The van der Waals surface area contributed by atoms with Gasteiger partial charge in [-0.2, -0.15) is 0 Å². The number of aromatic nitrogens is 12. The molecule has 121 heavy (non-hydrogen) atoms. The third-order valence-corrected chi connectivity index (χ3v) is 21.8. The molecule has 12 aromatic heterocycles. The number of benzene rings is 4. The van der Waals surface area contributed by atoms with Gasteiger partial charge < -0.3 is 60.9 Å². The first-order chi connectivity index (χ1) is 58.6. The molecule has 0 unspecified atom stereocenters. The number of rotatable bonds is 20. The molecule has 1 N–H and O–H groups in total. The van der Waals surface area contributed by atoms with Gasteiger partial charge in [0, 0.05) is 106 Å². The predicted octanol–water partition coefficient (Wildman–Crippen LogP) is 16.5. The van der Waals surface area contributed by atoms with Crippen molar-refractivity contribution in [3.05, 3.63) is 285 Å². The zero-order chi connectivity index (χ0) is 84.9. The van der Waals surface area contributed by atoms with Gasteiger partial charge >= 0.3 is 0 Å². The van der Waals surface area contributed by atoms with Crippen LogP contribution in [0.3, 0.4) is 0 Å². The monoisotopic (exact) mass is 1690 g/mol. The molecule has 1 aliphatic carbocycles. The summed E-state index contributed by atoms with van der Waals surface area (Å²) < 4.78 is 68.8. The zero-order valence-electron chi connectivity index (χ0n) is 68.7. The van der Waals surface area contributed by atoms with Crippen LogP contribution in [-0.4, -0.2) is 118 Å². The molecule has 0 spiro atoms. The Bertz CT molecular complexity index is 6500. The van der Waals surface area contributed by atoms with E-state index >= 15 is 0 Å². The fourth-order valence-electron chi connectivity index (χ4n) is 15.2. The van der Waals surface area contributed by atoms with E-state index in [1.165, 1.54) is 10.6 Å². The van der Waals surface area contributed by atoms with Crippen LogP contribution >= 0.6 is 15.9 Å². The molecule has 0 amide bonds. The van der Waals surface area contributed by atoms with E-state index in [0.717, 1.165) is 149 Å². The number of pyridine rings is 8. The fraction of sp³-hybridized carbons (Fsp3) is 0.261. The van der Waals surface area contributed by atoms with Crippen molar-refractivity contribution < 1.29 is 56.4 Å². The van der Waals surface area contributed by atoms with Gasteiger partial charge in [-0.05, 0) is 181 Å². The van der Waals surface area contributed by atoms with Crippen molar-refractivity contribution in [3.63, 3.8) is 0 Å². The molecule has 16 aromatic rings. The second-order valence-corrected chi connectivity index (χ2v) is 30.2. The lowest BCUT2D eigenvalue weighted by Crippen LogP contribution is -2.30. The molecule has 0 bridgehead atoms. The number of nitrogens with zero attached hydrogens (tertiary/aromatic N) is 12. The summed E-state index contributed by atoms with van der Waals surface area (Å²) in [6.45, 7) is 17.5. The van der Waals surface area contributed by atoms with Crippen LogP contribution < -0.4 is 50.7 Å². The average Bonchev–Trinajstić information content (AvgIpc) is 1.76. The highest BCUT2D eigenvalue weighted by molar-refractivity contribution is 9.10. The van der Waals surface area contributed by atoms with E-state index in [2.05, 4.69) is 56.5 Å². The third kappa shape index (κ3) is 17.4. The number of methoxy groups -OCH3 is 4. The molecule has 1 saturated carbocycles. The van der Waals surface area contributed by atoms with Gasteiger partial charge in [-0.1, -0.05) is 44.9 Å². The minimum atomic E-state index is -0.481. The Balaban J connectivity index is 0.000000126. The highest BCUT2D eigenvalue weighted by Crippen LogP contribution is 2.43. The predicted molar refractivity (Wildman–Crippen MR) is 460 cm³/mol. The first-order valence-corrected chi connectivity index (χ1v) is 40.0. The van der Waals surface area contributed by atoms with Crippen LogP contribution in [-0.2, 0) is 30.9 Å². The lowest BCUT2D eigenvalue weighted by Gasteiger charge is -2.24. The van der Waals surface area contributed by atoms with Gasteiger partial charge in [0.2, 0.25) is 0 Å². The quantitative estimate of drug-likeness (QED) is 0.0740. The Kier molecular flexibility index (Phi) is 24.3. The molecular formula is C92H87BrN12O16. The summed E-state index contributed by atoms with van der Waals surface area (Å²) in [6.07, 6.45) is 10.4. The Morgan fingerprint density at radius 3 is 0.934 bits per heavy atom. The van der Waals surface area contributed by atoms with Crippen LogP contribution in [0.15, 0.2) is 212 Å². The summed E-state index contributed by atoms with van der Waals surface area (Å²) in [5, 5.41) is 29.8. The highest BCUT2D eigenvalue weighted by atomic mass is 79.9. The van der Waals surface area contributed by atoms with Crippen molar-refractivity contribution in [3.8, 4) is 84.8 Å². The number of halogens is 1. The maximum Gasteiger partial charge on any atom is 0.293 e. The van der Waals surface area contributed by atoms with E-state index in [1.54, 1.807) is 73.0 Å². The lowest BCUT2D eigenvalue weighted by atomic mass is 10.00. The summed E-state index contributed by atoms with van der Waals surface area (Å²) in [6, 6.07) is 44.8. The second-order valence-electron chi connectivity index (χ2n) is 29.4. The van der Waals surface area contributed by atoms with E-state index in [0.29, 0.717) is 106 Å². The molecule has 2 aliphatic rings. The van der Waals surface area contributed by atoms with Crippen molar-refractivity contribution in [2.45, 2.75) is 119 Å². The zero-order valence-corrected chi connectivity index (χ0v) is 70.3. The number of ether oxygens (including phenoxy) is 7. The minimum Gasteiger partial charge on any atom is -0.503 e. The normalized spacial score (nSPS) is 12.7. The van der Waals surface area contributed by atoms with E-state index in [4.69, 9.17) is 51.3 Å². The number of hydrogen-bond donors (Lipinski definition) is 1. The molecule has 13 heterocycles. The lowest BCUT2D eigenvalue weighted by molar-refractivity contribution is 0.0249. The number of fused-ring (bicyclic) bond motifs is 4.